The molecule has 0 N–H and O–H groups in total. The van der Waals surface area contributed by atoms with E-state index in [-0.39, 0.29) is 0 Å². The maximum absolute atomic E-state index is 10.1. The minimum atomic E-state index is 0.610. The van der Waals surface area contributed by atoms with Crippen LogP contribution in [0.4, 0.5) is 0 Å². The Morgan fingerprint density at radius 1 is 1.54 bits per heavy atom. The second-order valence-electron chi connectivity index (χ2n) is 3.55. The lowest BCUT2D eigenvalue weighted by molar-refractivity contribution is -0.104. The van der Waals surface area contributed by atoms with Crippen molar-refractivity contribution in [2.45, 2.75) is 19.3 Å². The van der Waals surface area contributed by atoms with E-state index in [0.29, 0.717) is 5.92 Å². The van der Waals surface area contributed by atoms with E-state index >= 15 is 0 Å². The summed E-state index contributed by atoms with van der Waals surface area (Å²) in [7, 11) is 0. The Bertz CT molecular complexity index is 336. The van der Waals surface area contributed by atoms with Crippen LogP contribution in [-0.2, 0) is 4.79 Å². The summed E-state index contributed by atoms with van der Waals surface area (Å²) >= 11 is 0. The van der Waals surface area contributed by atoms with Gasteiger partial charge in [0.25, 0.3) is 0 Å². The highest BCUT2D eigenvalue weighted by atomic mass is 16.3. The van der Waals surface area contributed by atoms with Crippen LogP contribution in [0.3, 0.4) is 0 Å². The van der Waals surface area contributed by atoms with E-state index in [1.54, 1.807) is 6.08 Å². The molecule has 1 aromatic heterocycles. The molecule has 0 aliphatic heterocycles. The predicted molar refractivity (Wildman–Crippen MR) is 50.3 cm³/mol. The van der Waals surface area contributed by atoms with Gasteiger partial charge in [0.15, 0.2) is 0 Å². The van der Waals surface area contributed by atoms with E-state index in [0.717, 1.165) is 23.7 Å². The van der Waals surface area contributed by atoms with E-state index < -0.39 is 0 Å². The molecule has 1 aromatic rings. The first-order chi connectivity index (χ1) is 6.31. The molecule has 2 unspecified atom stereocenters. The average molecular weight is 176 g/mol. The molecular weight excluding hydrogens is 164 g/mol. The van der Waals surface area contributed by atoms with Gasteiger partial charge >= 0.3 is 0 Å². The van der Waals surface area contributed by atoms with Crippen molar-refractivity contribution in [1.29, 1.82) is 0 Å². The predicted octanol–water partition coefficient (Wildman–Crippen LogP) is 2.62. The van der Waals surface area contributed by atoms with Crippen LogP contribution in [0.1, 0.15) is 30.8 Å². The normalized spacial score (nSPS) is 26.5. The van der Waals surface area contributed by atoms with Gasteiger partial charge in [-0.25, -0.2) is 0 Å². The van der Waals surface area contributed by atoms with E-state index in [4.69, 9.17) is 4.42 Å². The Balaban J connectivity index is 2.09. The van der Waals surface area contributed by atoms with Gasteiger partial charge in [-0.3, -0.25) is 4.79 Å². The highest BCUT2D eigenvalue weighted by molar-refractivity contribution is 5.72. The summed E-state index contributed by atoms with van der Waals surface area (Å²) in [6, 6.07) is 3.90. The van der Waals surface area contributed by atoms with Crippen LogP contribution >= 0.6 is 0 Å². The number of carbonyl (C=O) groups excluding carboxylic acids is 1. The van der Waals surface area contributed by atoms with Gasteiger partial charge in [-0.15, -0.1) is 0 Å². The van der Waals surface area contributed by atoms with Crippen molar-refractivity contribution < 1.29 is 9.21 Å². The van der Waals surface area contributed by atoms with Gasteiger partial charge in [0, 0.05) is 5.92 Å². The third kappa shape index (κ3) is 1.72. The standard InChI is InChI=1S/C11H12O2/c1-8-7-10(8)11-5-4-9(13-11)3-2-6-12/h2-6,8,10H,7H2,1H3/b3-2+. The Hall–Kier alpha value is -1.31. The number of allylic oxidation sites excluding steroid dienone is 1. The molecule has 0 saturated heterocycles. The molecule has 0 amide bonds. The third-order valence-corrected chi connectivity index (χ3v) is 2.46. The minimum absolute atomic E-state index is 0.610. The quantitative estimate of drug-likeness (QED) is 0.523. The molecule has 0 radical (unpaired) electrons. The van der Waals surface area contributed by atoms with Crippen molar-refractivity contribution in [1.82, 2.24) is 0 Å². The molecule has 0 bridgehead atoms. The number of furan rings is 1. The van der Waals surface area contributed by atoms with Gasteiger partial charge in [0.2, 0.25) is 0 Å². The number of rotatable bonds is 3. The average Bonchev–Trinajstić information content (AvgIpc) is 2.67. The second-order valence-corrected chi connectivity index (χ2v) is 3.55. The highest BCUT2D eigenvalue weighted by Gasteiger charge is 2.36. The second kappa shape index (κ2) is 3.21. The molecule has 2 nitrogen and oxygen atoms in total. The van der Waals surface area contributed by atoms with Crippen LogP contribution in [0.15, 0.2) is 22.6 Å². The van der Waals surface area contributed by atoms with Crippen LogP contribution < -0.4 is 0 Å². The molecule has 1 fully saturated rings. The molecule has 2 heteroatoms. The van der Waals surface area contributed by atoms with E-state index in [1.807, 2.05) is 12.1 Å². The molecule has 2 rings (SSSR count). The van der Waals surface area contributed by atoms with Crippen molar-refractivity contribution in [3.8, 4) is 0 Å². The van der Waals surface area contributed by atoms with Crippen molar-refractivity contribution >= 4 is 12.4 Å². The van der Waals surface area contributed by atoms with Gasteiger partial charge in [0.05, 0.1) is 0 Å². The van der Waals surface area contributed by atoms with Crippen LogP contribution in [0.5, 0.6) is 0 Å². The van der Waals surface area contributed by atoms with Crippen molar-refractivity contribution in [3.63, 3.8) is 0 Å². The Kier molecular flexibility index (Phi) is 2.05. The number of hydrogen-bond acceptors (Lipinski definition) is 2. The monoisotopic (exact) mass is 176 g/mol. The zero-order chi connectivity index (χ0) is 9.26. The zero-order valence-electron chi connectivity index (χ0n) is 7.57. The molecule has 0 spiro atoms. The van der Waals surface area contributed by atoms with Gasteiger partial charge < -0.3 is 4.42 Å². The lowest BCUT2D eigenvalue weighted by Gasteiger charge is -1.89. The summed E-state index contributed by atoms with van der Waals surface area (Å²) in [6.45, 7) is 2.22. The molecule has 1 aliphatic rings. The molecule has 1 heterocycles. The minimum Gasteiger partial charge on any atom is -0.461 e. The van der Waals surface area contributed by atoms with Gasteiger partial charge in [-0.2, -0.15) is 0 Å². The SMILES string of the molecule is CC1CC1c1ccc(/C=C/C=O)o1. The van der Waals surface area contributed by atoms with E-state index in [2.05, 4.69) is 6.92 Å². The number of aldehydes is 1. The summed E-state index contributed by atoms with van der Waals surface area (Å²) in [6.07, 6.45) is 5.11. The number of hydrogen-bond donors (Lipinski definition) is 0. The molecule has 13 heavy (non-hydrogen) atoms. The van der Waals surface area contributed by atoms with Crippen LogP contribution in [0.2, 0.25) is 0 Å². The maximum Gasteiger partial charge on any atom is 0.142 e. The van der Waals surface area contributed by atoms with Gasteiger partial charge in [-0.1, -0.05) is 6.92 Å². The first-order valence-corrected chi connectivity index (χ1v) is 4.53. The Morgan fingerprint density at radius 3 is 2.92 bits per heavy atom. The zero-order valence-corrected chi connectivity index (χ0v) is 7.57. The van der Waals surface area contributed by atoms with E-state index in [9.17, 15) is 4.79 Å². The fourth-order valence-electron chi connectivity index (χ4n) is 1.51. The lowest BCUT2D eigenvalue weighted by atomic mass is 10.3. The summed E-state index contributed by atoms with van der Waals surface area (Å²) in [4.78, 5) is 10.1. The summed E-state index contributed by atoms with van der Waals surface area (Å²) in [5, 5.41) is 0. The van der Waals surface area contributed by atoms with Crippen molar-refractivity contribution in [2.75, 3.05) is 0 Å². The largest absolute Gasteiger partial charge is 0.461 e. The topological polar surface area (TPSA) is 30.2 Å². The summed E-state index contributed by atoms with van der Waals surface area (Å²) < 4.78 is 5.53. The smallest absolute Gasteiger partial charge is 0.142 e. The molecule has 1 aliphatic carbocycles. The Labute approximate surface area is 77.2 Å². The first kappa shape index (κ1) is 8.30. The van der Waals surface area contributed by atoms with Crippen LogP contribution in [-0.4, -0.2) is 6.29 Å². The molecular formula is C11H12O2. The van der Waals surface area contributed by atoms with E-state index in [1.165, 1.54) is 12.5 Å². The third-order valence-electron chi connectivity index (χ3n) is 2.46. The summed E-state index contributed by atoms with van der Waals surface area (Å²) in [5.41, 5.74) is 0. The molecule has 1 saturated carbocycles. The first-order valence-electron chi connectivity index (χ1n) is 4.53. The fourth-order valence-corrected chi connectivity index (χ4v) is 1.51. The van der Waals surface area contributed by atoms with Gasteiger partial charge in [0.1, 0.15) is 17.8 Å². The van der Waals surface area contributed by atoms with Crippen LogP contribution in [0, 0.1) is 5.92 Å². The van der Waals surface area contributed by atoms with Crippen molar-refractivity contribution in [3.05, 3.63) is 29.7 Å². The lowest BCUT2D eigenvalue weighted by Crippen LogP contribution is -1.73. The van der Waals surface area contributed by atoms with Gasteiger partial charge in [-0.05, 0) is 36.6 Å². The highest BCUT2D eigenvalue weighted by Crippen LogP contribution is 2.47. The van der Waals surface area contributed by atoms with Crippen molar-refractivity contribution in [2.24, 2.45) is 5.92 Å². The fraction of sp³-hybridized carbons (Fsp3) is 0.364. The summed E-state index contributed by atoms with van der Waals surface area (Å²) in [5.74, 6) is 3.19. The molecule has 68 valence electrons. The molecule has 0 aromatic carbocycles. The van der Waals surface area contributed by atoms with Crippen LogP contribution in [0.25, 0.3) is 6.08 Å². The maximum atomic E-state index is 10.1. The number of carbonyl (C=O) groups is 1. The molecule has 2 atom stereocenters. The Morgan fingerprint density at radius 2 is 2.31 bits per heavy atom.